The molecule has 1 unspecified atom stereocenters. The summed E-state index contributed by atoms with van der Waals surface area (Å²) in [6, 6.07) is 10.2. The molecular formula is C19H21NO6S. The minimum atomic E-state index is -4.08. The van der Waals surface area contributed by atoms with E-state index in [4.69, 9.17) is 9.47 Å². The number of nitro groups is 1. The lowest BCUT2D eigenvalue weighted by Gasteiger charge is -2.19. The highest BCUT2D eigenvalue weighted by Gasteiger charge is 2.29. The van der Waals surface area contributed by atoms with Gasteiger partial charge in [0.1, 0.15) is 18.5 Å². The van der Waals surface area contributed by atoms with Gasteiger partial charge in [0, 0.05) is 12.1 Å². The third-order valence-corrected chi connectivity index (χ3v) is 6.09. The van der Waals surface area contributed by atoms with Crippen LogP contribution in [0, 0.1) is 10.1 Å². The maximum atomic E-state index is 13.0. The maximum Gasteiger partial charge on any atom is 0.288 e. The summed E-state index contributed by atoms with van der Waals surface area (Å²) in [5.74, 6) is 0.251. The van der Waals surface area contributed by atoms with Crippen LogP contribution < -0.4 is 4.74 Å². The number of sulfone groups is 1. The van der Waals surface area contributed by atoms with Crippen LogP contribution in [0.4, 0.5) is 5.69 Å². The molecule has 8 heteroatoms. The molecule has 144 valence electrons. The Hall–Kier alpha value is -2.45. The fraction of sp³-hybridized carbons (Fsp3) is 0.368. The van der Waals surface area contributed by atoms with Crippen molar-refractivity contribution in [3.8, 4) is 5.75 Å². The van der Waals surface area contributed by atoms with Crippen molar-refractivity contribution >= 4 is 15.5 Å². The van der Waals surface area contributed by atoms with E-state index in [0.29, 0.717) is 6.61 Å². The highest BCUT2D eigenvalue weighted by molar-refractivity contribution is 7.91. The smallest absolute Gasteiger partial charge is 0.288 e. The average Bonchev–Trinajstić information content (AvgIpc) is 3.43. The Balaban J connectivity index is 2.00. The van der Waals surface area contributed by atoms with Crippen molar-refractivity contribution in [1.82, 2.24) is 0 Å². The molecule has 0 amide bonds. The Morgan fingerprint density at radius 3 is 2.33 bits per heavy atom. The SMILES string of the molecule is CC(C)(C)c1ccc(S(=O)(=O)c2cc(OCC3CO3)ccc2[N+](=O)[O-])cc1. The fourth-order valence-corrected chi connectivity index (χ4v) is 4.00. The molecule has 0 radical (unpaired) electrons. The molecule has 1 atom stereocenters. The van der Waals surface area contributed by atoms with Gasteiger partial charge in [-0.1, -0.05) is 32.9 Å². The van der Waals surface area contributed by atoms with Gasteiger partial charge in [-0.15, -0.1) is 0 Å². The van der Waals surface area contributed by atoms with Gasteiger partial charge in [-0.25, -0.2) is 8.42 Å². The van der Waals surface area contributed by atoms with Crippen LogP contribution in [0.2, 0.25) is 0 Å². The van der Waals surface area contributed by atoms with E-state index in [1.54, 1.807) is 12.1 Å². The molecule has 0 spiro atoms. The van der Waals surface area contributed by atoms with Gasteiger partial charge in [0.15, 0.2) is 4.90 Å². The fourth-order valence-electron chi connectivity index (χ4n) is 2.56. The van der Waals surface area contributed by atoms with Gasteiger partial charge in [-0.05, 0) is 29.2 Å². The first kappa shape index (κ1) is 19.3. The van der Waals surface area contributed by atoms with E-state index >= 15 is 0 Å². The first-order valence-corrected chi connectivity index (χ1v) is 9.96. The Morgan fingerprint density at radius 1 is 1.19 bits per heavy atom. The van der Waals surface area contributed by atoms with Crippen molar-refractivity contribution in [3.63, 3.8) is 0 Å². The molecular weight excluding hydrogens is 370 g/mol. The van der Waals surface area contributed by atoms with Gasteiger partial charge >= 0.3 is 0 Å². The molecule has 1 fully saturated rings. The molecule has 1 saturated heterocycles. The van der Waals surface area contributed by atoms with Crippen molar-refractivity contribution in [2.45, 2.75) is 42.1 Å². The highest BCUT2D eigenvalue weighted by atomic mass is 32.2. The summed E-state index contributed by atoms with van der Waals surface area (Å²) in [7, 11) is -4.08. The molecule has 3 rings (SSSR count). The minimum Gasteiger partial charge on any atom is -0.491 e. The predicted molar refractivity (Wildman–Crippen MR) is 98.9 cm³/mol. The van der Waals surface area contributed by atoms with E-state index in [1.807, 2.05) is 20.8 Å². The Labute approximate surface area is 158 Å². The van der Waals surface area contributed by atoms with E-state index in [0.717, 1.165) is 11.6 Å². The molecule has 0 aromatic heterocycles. The van der Waals surface area contributed by atoms with E-state index in [1.165, 1.54) is 24.3 Å². The number of hydrogen-bond acceptors (Lipinski definition) is 6. The largest absolute Gasteiger partial charge is 0.491 e. The summed E-state index contributed by atoms with van der Waals surface area (Å²) < 4.78 is 36.6. The second kappa shape index (κ2) is 6.94. The number of ether oxygens (including phenoxy) is 2. The van der Waals surface area contributed by atoms with Crippen LogP contribution >= 0.6 is 0 Å². The highest BCUT2D eigenvalue weighted by Crippen LogP contribution is 2.33. The summed E-state index contributed by atoms with van der Waals surface area (Å²) in [5.41, 5.74) is 0.356. The molecule has 0 saturated carbocycles. The lowest BCUT2D eigenvalue weighted by molar-refractivity contribution is -0.387. The zero-order chi connectivity index (χ0) is 19.8. The normalized spacial score (nSPS) is 16.8. The summed E-state index contributed by atoms with van der Waals surface area (Å²) >= 11 is 0. The second-order valence-corrected chi connectivity index (χ2v) is 9.35. The van der Waals surface area contributed by atoms with Crippen LogP contribution in [-0.4, -0.2) is 32.7 Å². The predicted octanol–water partition coefficient (Wildman–Crippen LogP) is 3.50. The maximum absolute atomic E-state index is 13.0. The molecule has 2 aromatic rings. The molecule has 27 heavy (non-hydrogen) atoms. The molecule has 1 heterocycles. The number of nitrogens with zero attached hydrogens (tertiary/aromatic N) is 1. The summed E-state index contributed by atoms with van der Waals surface area (Å²) in [4.78, 5) is 10.3. The molecule has 2 aromatic carbocycles. The van der Waals surface area contributed by atoms with Crippen molar-refractivity contribution in [2.24, 2.45) is 0 Å². The van der Waals surface area contributed by atoms with Crippen LogP contribution in [0.15, 0.2) is 52.3 Å². The van der Waals surface area contributed by atoms with E-state index in [-0.39, 0.29) is 33.7 Å². The van der Waals surface area contributed by atoms with Crippen LogP contribution in [0.1, 0.15) is 26.3 Å². The summed E-state index contributed by atoms with van der Waals surface area (Å²) in [5, 5.41) is 11.4. The standard InChI is InChI=1S/C19H21NO6S/c1-19(2,3)13-4-7-16(8-5-13)27(23,24)18-10-14(25-11-15-12-26-15)6-9-17(18)20(21)22/h4-10,15H,11-12H2,1-3H3. The van der Waals surface area contributed by atoms with Gasteiger partial charge in [-0.3, -0.25) is 10.1 Å². The first-order valence-electron chi connectivity index (χ1n) is 8.47. The number of hydrogen-bond donors (Lipinski definition) is 0. The van der Waals surface area contributed by atoms with Crippen LogP contribution in [0.3, 0.4) is 0 Å². The topological polar surface area (TPSA) is 99.0 Å². The van der Waals surface area contributed by atoms with Crippen molar-refractivity contribution < 1.29 is 22.8 Å². The number of nitro benzene ring substituents is 1. The third-order valence-electron chi connectivity index (χ3n) is 4.29. The quantitative estimate of drug-likeness (QED) is 0.424. The van der Waals surface area contributed by atoms with E-state index in [9.17, 15) is 18.5 Å². The second-order valence-electron chi connectivity index (χ2n) is 7.43. The van der Waals surface area contributed by atoms with Crippen molar-refractivity contribution in [3.05, 3.63) is 58.1 Å². The first-order chi connectivity index (χ1) is 12.6. The monoisotopic (exact) mass is 391 g/mol. The Bertz CT molecular complexity index is 957. The van der Waals surface area contributed by atoms with Crippen LogP contribution in [0.25, 0.3) is 0 Å². The lowest BCUT2D eigenvalue weighted by Crippen LogP contribution is -2.12. The van der Waals surface area contributed by atoms with E-state index < -0.39 is 20.4 Å². The Morgan fingerprint density at radius 2 is 1.81 bits per heavy atom. The van der Waals surface area contributed by atoms with Gasteiger partial charge in [-0.2, -0.15) is 0 Å². The summed E-state index contributed by atoms with van der Waals surface area (Å²) in [6.45, 7) is 6.93. The molecule has 0 bridgehead atoms. The van der Waals surface area contributed by atoms with Crippen LogP contribution in [0.5, 0.6) is 5.75 Å². The summed E-state index contributed by atoms with van der Waals surface area (Å²) in [6.07, 6.45) is -0.00908. The third kappa shape index (κ3) is 4.28. The number of epoxide rings is 1. The van der Waals surface area contributed by atoms with Crippen molar-refractivity contribution in [2.75, 3.05) is 13.2 Å². The average molecular weight is 391 g/mol. The molecule has 1 aliphatic rings. The zero-order valence-corrected chi connectivity index (χ0v) is 16.2. The number of rotatable bonds is 6. The van der Waals surface area contributed by atoms with Gasteiger partial charge in [0.05, 0.1) is 16.4 Å². The molecule has 0 N–H and O–H groups in total. The van der Waals surface area contributed by atoms with Gasteiger partial charge in [0.2, 0.25) is 9.84 Å². The van der Waals surface area contributed by atoms with Crippen LogP contribution in [-0.2, 0) is 20.0 Å². The molecule has 7 nitrogen and oxygen atoms in total. The minimum absolute atomic E-state index is 0.00118. The number of benzene rings is 2. The molecule has 0 aliphatic carbocycles. The zero-order valence-electron chi connectivity index (χ0n) is 15.3. The van der Waals surface area contributed by atoms with E-state index in [2.05, 4.69) is 0 Å². The van der Waals surface area contributed by atoms with Crippen molar-refractivity contribution in [1.29, 1.82) is 0 Å². The van der Waals surface area contributed by atoms with Gasteiger partial charge < -0.3 is 9.47 Å². The van der Waals surface area contributed by atoms with Gasteiger partial charge in [0.25, 0.3) is 5.69 Å². The Kier molecular flexibility index (Phi) is 4.96. The lowest BCUT2D eigenvalue weighted by atomic mass is 9.87. The molecule has 1 aliphatic heterocycles.